The van der Waals surface area contributed by atoms with E-state index in [2.05, 4.69) is 4.74 Å². The summed E-state index contributed by atoms with van der Waals surface area (Å²) in [6.07, 6.45) is -0.389. The Morgan fingerprint density at radius 2 is 1.44 bits per heavy atom. The highest BCUT2D eigenvalue weighted by Gasteiger charge is 2.64. The van der Waals surface area contributed by atoms with E-state index in [1.165, 1.54) is 6.07 Å². The van der Waals surface area contributed by atoms with Crippen molar-refractivity contribution >= 4 is 35.8 Å². The Bertz CT molecular complexity index is 1580. The molecule has 6 amide bonds. The third-order valence-corrected chi connectivity index (χ3v) is 8.95. The van der Waals surface area contributed by atoms with Crippen LogP contribution in [0, 0.1) is 29.6 Å². The van der Waals surface area contributed by atoms with Crippen molar-refractivity contribution in [1.29, 1.82) is 0 Å². The number of imide groups is 6. The van der Waals surface area contributed by atoms with Gasteiger partial charge in [-0.1, -0.05) is 48.0 Å². The van der Waals surface area contributed by atoms with Crippen LogP contribution in [0.25, 0.3) is 0 Å². The molecular formula is C31H28N2O10. The summed E-state index contributed by atoms with van der Waals surface area (Å²) in [5, 5.41) is 11.3. The predicted molar refractivity (Wildman–Crippen MR) is 145 cm³/mol. The second kappa shape index (κ2) is 10.7. The topological polar surface area (TPSA) is 157 Å². The molecule has 43 heavy (non-hydrogen) atoms. The van der Waals surface area contributed by atoms with Crippen LogP contribution >= 0.6 is 0 Å². The Kier molecular flexibility index (Phi) is 6.99. The van der Waals surface area contributed by atoms with Crippen LogP contribution in [-0.2, 0) is 35.3 Å². The molecule has 3 fully saturated rings. The van der Waals surface area contributed by atoms with Crippen molar-refractivity contribution < 1.29 is 48.1 Å². The molecule has 2 aromatic carbocycles. The maximum absolute atomic E-state index is 13.7. The predicted octanol–water partition coefficient (Wildman–Crippen LogP) is 3.14. The lowest BCUT2D eigenvalue weighted by molar-refractivity contribution is -0.139. The number of fused-ring (bicyclic) bond motifs is 4. The second-order valence-electron chi connectivity index (χ2n) is 11.0. The first-order valence-corrected chi connectivity index (χ1v) is 13.8. The molecule has 0 spiro atoms. The number of phenolic OH excluding ortho intramolecular Hbond substituents is 1. The number of carbonyl (C=O) groups is 6. The second-order valence-corrected chi connectivity index (χ2v) is 11.0. The summed E-state index contributed by atoms with van der Waals surface area (Å²) in [6.45, 7) is 0.248. The van der Waals surface area contributed by atoms with E-state index in [0.717, 1.165) is 19.8 Å². The van der Waals surface area contributed by atoms with E-state index < -0.39 is 71.3 Å². The number of carbonyl (C=O) groups excluding carboxylic acids is 6. The number of benzene rings is 2. The summed E-state index contributed by atoms with van der Waals surface area (Å²) in [6, 6.07) is 14.1. The molecule has 0 aromatic heterocycles. The fraction of sp³-hybridized carbons (Fsp3) is 0.355. The van der Waals surface area contributed by atoms with Crippen molar-refractivity contribution in [3.05, 3.63) is 71.3 Å². The van der Waals surface area contributed by atoms with Gasteiger partial charge in [0, 0.05) is 17.5 Å². The zero-order valence-corrected chi connectivity index (χ0v) is 23.3. The van der Waals surface area contributed by atoms with Gasteiger partial charge >= 0.3 is 12.2 Å². The molecule has 6 atom stereocenters. The standard InChI is InChI=1S/C31H28N2O10/c1-41-30(39)32-26(35)19-11-10-17-20(24(19)28(32)37)13-21-25(29(38)33(27(21)36)31(40)42-2)23(17)18-9-8-16(12-22(18)34)43-14-15-6-4-3-5-7-15/h3-10,12,19-21,23-25,34H,11,13-14H2,1-2H3/t19-,20+,21+,23+,24-,25+/m0/s1. The van der Waals surface area contributed by atoms with Gasteiger partial charge < -0.3 is 19.3 Å². The van der Waals surface area contributed by atoms with Gasteiger partial charge in [-0.3, -0.25) is 19.2 Å². The van der Waals surface area contributed by atoms with Gasteiger partial charge in [0.25, 0.3) is 0 Å². The Labute approximate surface area is 245 Å². The molecule has 1 N–H and O–H groups in total. The lowest BCUT2D eigenvalue weighted by atomic mass is 9.57. The van der Waals surface area contributed by atoms with Gasteiger partial charge in [0.2, 0.25) is 23.6 Å². The zero-order valence-electron chi connectivity index (χ0n) is 23.3. The van der Waals surface area contributed by atoms with Gasteiger partial charge in [-0.05, 0) is 30.4 Å². The molecule has 2 heterocycles. The van der Waals surface area contributed by atoms with Crippen LogP contribution in [0.15, 0.2) is 60.2 Å². The molecule has 2 aromatic rings. The molecule has 6 rings (SSSR count). The van der Waals surface area contributed by atoms with Gasteiger partial charge in [0.05, 0.1) is 37.9 Å². The Hall–Kier alpha value is -5.00. The summed E-state index contributed by atoms with van der Waals surface area (Å²) in [5.41, 5.74) is 1.79. The number of rotatable bonds is 4. The number of allylic oxidation sites excluding steroid dienone is 2. The number of methoxy groups -OCH3 is 2. The van der Waals surface area contributed by atoms with Gasteiger partial charge in [-0.15, -0.1) is 0 Å². The van der Waals surface area contributed by atoms with Crippen LogP contribution < -0.4 is 4.74 Å². The molecule has 2 aliphatic heterocycles. The van der Waals surface area contributed by atoms with E-state index in [9.17, 15) is 33.9 Å². The van der Waals surface area contributed by atoms with Crippen LogP contribution in [0.1, 0.15) is 29.9 Å². The fourth-order valence-electron chi connectivity index (χ4n) is 7.10. The number of likely N-dealkylation sites (tertiary alicyclic amines) is 2. The number of amides is 6. The van der Waals surface area contributed by atoms with Crippen LogP contribution in [0.4, 0.5) is 9.59 Å². The minimum Gasteiger partial charge on any atom is -0.508 e. The fourth-order valence-corrected chi connectivity index (χ4v) is 7.10. The minimum atomic E-state index is -1.13. The largest absolute Gasteiger partial charge is 0.508 e. The van der Waals surface area contributed by atoms with E-state index in [4.69, 9.17) is 9.47 Å². The van der Waals surface area contributed by atoms with Crippen LogP contribution in [0.5, 0.6) is 11.5 Å². The SMILES string of the molecule is COC(=O)N1C(=O)[C@H]2[C@H](CC=C3[C@H]2C[C@H]2C(=O)N(C(=O)OC)C(=O)[C@H]2[C@H]3c2ccc(OCc3ccccc3)cc2O)C1=O. The van der Waals surface area contributed by atoms with Gasteiger partial charge in [-0.25, -0.2) is 9.59 Å². The molecule has 0 unspecified atom stereocenters. The average Bonchev–Trinajstić information content (AvgIpc) is 3.42. The molecule has 2 aliphatic carbocycles. The zero-order chi connectivity index (χ0) is 30.6. The average molecular weight is 589 g/mol. The third kappa shape index (κ3) is 4.36. The summed E-state index contributed by atoms with van der Waals surface area (Å²) in [4.78, 5) is 79.5. The van der Waals surface area contributed by atoms with Gasteiger partial charge in [-0.2, -0.15) is 9.80 Å². The molecule has 12 heteroatoms. The van der Waals surface area contributed by atoms with Crippen LogP contribution in [0.3, 0.4) is 0 Å². The highest BCUT2D eigenvalue weighted by Crippen LogP contribution is 2.59. The van der Waals surface area contributed by atoms with Crippen LogP contribution in [0.2, 0.25) is 0 Å². The van der Waals surface area contributed by atoms with E-state index in [1.54, 1.807) is 18.2 Å². The molecule has 4 aliphatic rings. The highest BCUT2D eigenvalue weighted by molar-refractivity contribution is 6.17. The Morgan fingerprint density at radius 3 is 2.07 bits per heavy atom. The molecule has 222 valence electrons. The van der Waals surface area contributed by atoms with Crippen molar-refractivity contribution in [3.8, 4) is 11.5 Å². The summed E-state index contributed by atoms with van der Waals surface area (Å²) < 4.78 is 15.2. The first kappa shape index (κ1) is 28.1. The maximum atomic E-state index is 13.7. The smallest absolute Gasteiger partial charge is 0.423 e. The Morgan fingerprint density at radius 1 is 0.814 bits per heavy atom. The lowest BCUT2D eigenvalue weighted by Gasteiger charge is -2.44. The molecule has 12 nitrogen and oxygen atoms in total. The lowest BCUT2D eigenvalue weighted by Crippen LogP contribution is -2.43. The Balaban J connectivity index is 1.40. The van der Waals surface area contributed by atoms with Crippen molar-refractivity contribution in [3.63, 3.8) is 0 Å². The number of phenols is 1. The molecule has 0 bridgehead atoms. The van der Waals surface area contributed by atoms with Crippen molar-refractivity contribution in [2.24, 2.45) is 29.6 Å². The van der Waals surface area contributed by atoms with Crippen LogP contribution in [-0.4, -0.2) is 64.9 Å². The van der Waals surface area contributed by atoms with Crippen molar-refractivity contribution in [1.82, 2.24) is 9.80 Å². The highest BCUT2D eigenvalue weighted by atomic mass is 16.5. The first-order chi connectivity index (χ1) is 20.7. The van der Waals surface area contributed by atoms with E-state index in [-0.39, 0.29) is 25.2 Å². The van der Waals surface area contributed by atoms with E-state index in [0.29, 0.717) is 26.7 Å². The summed E-state index contributed by atoms with van der Waals surface area (Å²) in [7, 11) is 2.12. The number of ether oxygens (including phenoxy) is 3. The number of aromatic hydroxyl groups is 1. The van der Waals surface area contributed by atoms with Crippen molar-refractivity contribution in [2.45, 2.75) is 25.4 Å². The summed E-state index contributed by atoms with van der Waals surface area (Å²) in [5.74, 6) is -8.43. The normalized spacial score (nSPS) is 27.7. The van der Waals surface area contributed by atoms with E-state index in [1.807, 2.05) is 30.3 Å². The third-order valence-electron chi connectivity index (χ3n) is 8.95. The quantitative estimate of drug-likeness (QED) is 0.416. The number of nitrogens with zero attached hydrogens (tertiary/aromatic N) is 2. The molecule has 2 saturated heterocycles. The summed E-state index contributed by atoms with van der Waals surface area (Å²) >= 11 is 0. The maximum Gasteiger partial charge on any atom is 0.423 e. The molecule has 0 radical (unpaired) electrons. The molecule has 1 saturated carbocycles. The van der Waals surface area contributed by atoms with Crippen molar-refractivity contribution in [2.75, 3.05) is 14.2 Å². The number of hydrogen-bond acceptors (Lipinski definition) is 10. The van der Waals surface area contributed by atoms with Gasteiger partial charge in [0.1, 0.15) is 18.1 Å². The van der Waals surface area contributed by atoms with Gasteiger partial charge in [0.15, 0.2) is 0 Å². The monoisotopic (exact) mass is 588 g/mol. The number of hydrogen-bond donors (Lipinski definition) is 1. The minimum absolute atomic E-state index is 0.0146. The first-order valence-electron chi connectivity index (χ1n) is 13.8. The molecular weight excluding hydrogens is 560 g/mol. The van der Waals surface area contributed by atoms with E-state index >= 15 is 0 Å².